The first-order chi connectivity index (χ1) is 11.6. The number of hydrogen-bond donors (Lipinski definition) is 3. The van der Waals surface area contributed by atoms with Crippen LogP contribution in [0.15, 0.2) is 48.5 Å². The number of amides is 2. The Morgan fingerprint density at radius 2 is 1.71 bits per heavy atom. The van der Waals surface area contributed by atoms with Gasteiger partial charge in [-0.3, -0.25) is 0 Å². The van der Waals surface area contributed by atoms with Gasteiger partial charge >= 0.3 is 6.03 Å². The summed E-state index contributed by atoms with van der Waals surface area (Å²) in [4.78, 5) is 13.9. The fourth-order valence-corrected chi connectivity index (χ4v) is 2.32. The molecule has 24 heavy (non-hydrogen) atoms. The number of nitrogens with one attached hydrogen (secondary N) is 2. The number of benzene rings is 2. The molecule has 2 aromatic carbocycles. The SMILES string of the molecule is CN(C)c1cccc(CNC(=O)NCCc2ccc(CO)cc2)c1. The average Bonchev–Trinajstić information content (AvgIpc) is 2.61. The largest absolute Gasteiger partial charge is 0.392 e. The molecule has 0 aliphatic heterocycles. The molecule has 0 saturated heterocycles. The Kier molecular flexibility index (Phi) is 6.63. The molecule has 0 fully saturated rings. The lowest BCUT2D eigenvalue weighted by Crippen LogP contribution is -2.36. The summed E-state index contributed by atoms with van der Waals surface area (Å²) in [5.74, 6) is 0. The van der Waals surface area contributed by atoms with Crippen molar-refractivity contribution in [3.8, 4) is 0 Å². The summed E-state index contributed by atoms with van der Waals surface area (Å²) in [5, 5.41) is 14.7. The highest BCUT2D eigenvalue weighted by Gasteiger charge is 2.02. The van der Waals surface area contributed by atoms with Crippen LogP contribution >= 0.6 is 0 Å². The predicted octanol–water partition coefficient (Wildman–Crippen LogP) is 2.29. The third kappa shape index (κ3) is 5.59. The van der Waals surface area contributed by atoms with Gasteiger partial charge in [0.1, 0.15) is 0 Å². The van der Waals surface area contributed by atoms with Crippen LogP contribution in [0.3, 0.4) is 0 Å². The van der Waals surface area contributed by atoms with Crippen molar-refractivity contribution in [1.29, 1.82) is 0 Å². The summed E-state index contributed by atoms with van der Waals surface area (Å²) < 4.78 is 0. The maximum absolute atomic E-state index is 11.9. The summed E-state index contributed by atoms with van der Waals surface area (Å²) >= 11 is 0. The Balaban J connectivity index is 1.72. The van der Waals surface area contributed by atoms with Crippen molar-refractivity contribution in [3.05, 3.63) is 65.2 Å². The molecule has 0 aliphatic rings. The van der Waals surface area contributed by atoms with Crippen molar-refractivity contribution in [1.82, 2.24) is 10.6 Å². The summed E-state index contributed by atoms with van der Waals surface area (Å²) in [6.45, 7) is 1.12. The van der Waals surface area contributed by atoms with Gasteiger partial charge in [0, 0.05) is 32.9 Å². The zero-order valence-corrected chi connectivity index (χ0v) is 14.2. The van der Waals surface area contributed by atoms with Crippen molar-refractivity contribution in [2.75, 3.05) is 25.5 Å². The van der Waals surface area contributed by atoms with Crippen molar-refractivity contribution in [3.63, 3.8) is 0 Å². The molecule has 0 atom stereocenters. The minimum atomic E-state index is -0.169. The molecule has 5 heteroatoms. The standard InChI is InChI=1S/C19H25N3O2/c1-22(2)18-5-3-4-17(12-18)13-21-19(24)20-11-10-15-6-8-16(14-23)9-7-15/h3-9,12,23H,10-11,13-14H2,1-2H3,(H2,20,21,24). The zero-order chi connectivity index (χ0) is 17.4. The highest BCUT2D eigenvalue weighted by Crippen LogP contribution is 2.13. The van der Waals surface area contributed by atoms with Gasteiger partial charge in [0.2, 0.25) is 0 Å². The number of aliphatic hydroxyl groups is 1. The van der Waals surface area contributed by atoms with Crippen LogP contribution in [-0.4, -0.2) is 31.8 Å². The maximum atomic E-state index is 11.9. The topological polar surface area (TPSA) is 64.6 Å². The summed E-state index contributed by atoms with van der Waals surface area (Å²) in [5.41, 5.74) is 4.20. The molecule has 2 aromatic rings. The van der Waals surface area contributed by atoms with Gasteiger partial charge < -0.3 is 20.6 Å². The molecule has 0 aromatic heterocycles. The van der Waals surface area contributed by atoms with E-state index < -0.39 is 0 Å². The van der Waals surface area contributed by atoms with Crippen LogP contribution < -0.4 is 15.5 Å². The van der Waals surface area contributed by atoms with Crippen LogP contribution in [-0.2, 0) is 19.6 Å². The van der Waals surface area contributed by atoms with Crippen LogP contribution in [0.1, 0.15) is 16.7 Å². The molecule has 0 heterocycles. The molecular formula is C19H25N3O2. The first-order valence-corrected chi connectivity index (χ1v) is 8.05. The zero-order valence-electron chi connectivity index (χ0n) is 14.2. The summed E-state index contributed by atoms with van der Waals surface area (Å²) in [6, 6.07) is 15.6. The van der Waals surface area contributed by atoms with E-state index >= 15 is 0 Å². The molecule has 128 valence electrons. The molecule has 0 radical (unpaired) electrons. The number of nitrogens with zero attached hydrogens (tertiary/aromatic N) is 1. The Hall–Kier alpha value is -2.53. The monoisotopic (exact) mass is 327 g/mol. The Morgan fingerprint density at radius 1 is 1.00 bits per heavy atom. The van der Waals surface area contributed by atoms with E-state index in [1.807, 2.05) is 61.5 Å². The van der Waals surface area contributed by atoms with Crippen LogP contribution in [0, 0.1) is 0 Å². The second kappa shape index (κ2) is 8.93. The minimum Gasteiger partial charge on any atom is -0.392 e. The number of aliphatic hydroxyl groups excluding tert-OH is 1. The van der Waals surface area contributed by atoms with Crippen molar-refractivity contribution < 1.29 is 9.90 Å². The summed E-state index contributed by atoms with van der Waals surface area (Å²) in [6.07, 6.45) is 0.759. The highest BCUT2D eigenvalue weighted by molar-refractivity contribution is 5.73. The lowest BCUT2D eigenvalue weighted by atomic mass is 10.1. The van der Waals surface area contributed by atoms with E-state index in [1.54, 1.807) is 0 Å². The van der Waals surface area contributed by atoms with E-state index in [0.717, 1.165) is 28.8 Å². The fourth-order valence-electron chi connectivity index (χ4n) is 2.32. The molecule has 0 aliphatic carbocycles. The van der Waals surface area contributed by atoms with E-state index in [0.29, 0.717) is 13.1 Å². The molecule has 2 rings (SSSR count). The predicted molar refractivity (Wildman–Crippen MR) is 97.1 cm³/mol. The molecule has 0 unspecified atom stereocenters. The minimum absolute atomic E-state index is 0.0515. The van der Waals surface area contributed by atoms with Crippen LogP contribution in [0.5, 0.6) is 0 Å². The number of carbonyl (C=O) groups is 1. The van der Waals surface area contributed by atoms with Crippen LogP contribution in [0.25, 0.3) is 0 Å². The van der Waals surface area contributed by atoms with E-state index in [-0.39, 0.29) is 12.6 Å². The molecular weight excluding hydrogens is 302 g/mol. The third-order valence-corrected chi connectivity index (χ3v) is 3.78. The Labute approximate surface area is 143 Å². The number of rotatable bonds is 7. The van der Waals surface area contributed by atoms with E-state index in [9.17, 15) is 4.79 Å². The summed E-state index contributed by atoms with van der Waals surface area (Å²) in [7, 11) is 3.98. The number of urea groups is 1. The Morgan fingerprint density at radius 3 is 2.38 bits per heavy atom. The van der Waals surface area contributed by atoms with Gasteiger partial charge in [0.25, 0.3) is 0 Å². The van der Waals surface area contributed by atoms with Gasteiger partial charge in [0.15, 0.2) is 0 Å². The molecule has 2 amide bonds. The van der Waals surface area contributed by atoms with Crippen LogP contribution in [0.2, 0.25) is 0 Å². The third-order valence-electron chi connectivity index (χ3n) is 3.78. The number of anilines is 1. The van der Waals surface area contributed by atoms with Gasteiger partial charge in [-0.2, -0.15) is 0 Å². The van der Waals surface area contributed by atoms with Gasteiger partial charge in [-0.1, -0.05) is 36.4 Å². The molecule has 0 bridgehead atoms. The van der Waals surface area contributed by atoms with E-state index in [1.165, 1.54) is 0 Å². The second-order valence-electron chi connectivity index (χ2n) is 5.90. The van der Waals surface area contributed by atoms with Crippen molar-refractivity contribution in [2.24, 2.45) is 0 Å². The second-order valence-corrected chi connectivity index (χ2v) is 5.90. The van der Waals surface area contributed by atoms with Gasteiger partial charge in [-0.25, -0.2) is 4.79 Å². The Bertz CT molecular complexity index is 654. The fraction of sp³-hybridized carbons (Fsp3) is 0.316. The van der Waals surface area contributed by atoms with Gasteiger partial charge in [0.05, 0.1) is 6.61 Å². The quantitative estimate of drug-likeness (QED) is 0.731. The average molecular weight is 327 g/mol. The van der Waals surface area contributed by atoms with Crippen molar-refractivity contribution >= 4 is 11.7 Å². The smallest absolute Gasteiger partial charge is 0.315 e. The van der Waals surface area contributed by atoms with E-state index in [2.05, 4.69) is 16.7 Å². The highest BCUT2D eigenvalue weighted by atomic mass is 16.3. The van der Waals surface area contributed by atoms with Gasteiger partial charge in [-0.15, -0.1) is 0 Å². The van der Waals surface area contributed by atoms with Gasteiger partial charge in [-0.05, 0) is 35.2 Å². The number of hydrogen-bond acceptors (Lipinski definition) is 3. The normalized spacial score (nSPS) is 10.3. The van der Waals surface area contributed by atoms with Crippen molar-refractivity contribution in [2.45, 2.75) is 19.6 Å². The molecule has 5 nitrogen and oxygen atoms in total. The first-order valence-electron chi connectivity index (χ1n) is 8.05. The lowest BCUT2D eigenvalue weighted by Gasteiger charge is -2.14. The maximum Gasteiger partial charge on any atom is 0.315 e. The van der Waals surface area contributed by atoms with Crippen LogP contribution in [0.4, 0.5) is 10.5 Å². The number of carbonyl (C=O) groups excluding carboxylic acids is 1. The molecule has 3 N–H and O–H groups in total. The lowest BCUT2D eigenvalue weighted by molar-refractivity contribution is 0.240. The molecule has 0 saturated carbocycles. The first kappa shape index (κ1) is 17.8. The molecule has 0 spiro atoms. The van der Waals surface area contributed by atoms with E-state index in [4.69, 9.17) is 5.11 Å².